The minimum Gasteiger partial charge on any atom is -0.316 e. The van der Waals surface area contributed by atoms with Crippen molar-refractivity contribution in [1.29, 1.82) is 0 Å². The van der Waals surface area contributed by atoms with Gasteiger partial charge in [-0.15, -0.1) is 0 Å². The SMILES string of the molecule is CCCNCC(C)(CCC)CN1CCCSCC1. The van der Waals surface area contributed by atoms with E-state index in [9.17, 15) is 0 Å². The minimum atomic E-state index is 0.457. The number of nitrogens with one attached hydrogen (secondary N) is 1. The summed E-state index contributed by atoms with van der Waals surface area (Å²) in [5.74, 6) is 2.68. The zero-order valence-corrected chi connectivity index (χ0v) is 13.5. The Bertz CT molecular complexity index is 203. The van der Waals surface area contributed by atoms with Crippen LogP contribution >= 0.6 is 11.8 Å². The summed E-state index contributed by atoms with van der Waals surface area (Å²) < 4.78 is 0. The van der Waals surface area contributed by atoms with E-state index in [4.69, 9.17) is 0 Å². The second-order valence-corrected chi connectivity index (χ2v) is 7.20. The van der Waals surface area contributed by atoms with Crippen LogP contribution in [0.3, 0.4) is 0 Å². The molecule has 1 atom stereocenters. The van der Waals surface area contributed by atoms with E-state index in [0.29, 0.717) is 5.41 Å². The van der Waals surface area contributed by atoms with Crippen LogP contribution in [0.5, 0.6) is 0 Å². The second-order valence-electron chi connectivity index (χ2n) is 5.98. The lowest BCUT2D eigenvalue weighted by atomic mass is 9.84. The van der Waals surface area contributed by atoms with Crippen LogP contribution in [-0.2, 0) is 0 Å². The van der Waals surface area contributed by atoms with Crippen molar-refractivity contribution in [2.24, 2.45) is 5.41 Å². The van der Waals surface area contributed by atoms with Gasteiger partial charge in [0.05, 0.1) is 0 Å². The van der Waals surface area contributed by atoms with E-state index in [-0.39, 0.29) is 0 Å². The number of hydrogen-bond donors (Lipinski definition) is 1. The van der Waals surface area contributed by atoms with Crippen LogP contribution in [0.2, 0.25) is 0 Å². The Kier molecular flexibility index (Phi) is 8.36. The van der Waals surface area contributed by atoms with Crippen molar-refractivity contribution in [3.05, 3.63) is 0 Å². The predicted octanol–water partition coefficient (Wildman–Crippen LogP) is 3.23. The Morgan fingerprint density at radius 1 is 1.17 bits per heavy atom. The molecule has 108 valence electrons. The third-order valence-corrected chi connectivity index (χ3v) is 4.80. The first-order chi connectivity index (χ1) is 8.70. The molecular formula is C15H32N2S. The smallest absolute Gasteiger partial charge is 0.00726 e. The van der Waals surface area contributed by atoms with Crippen LogP contribution in [0.15, 0.2) is 0 Å². The summed E-state index contributed by atoms with van der Waals surface area (Å²) in [6.45, 7) is 13.2. The third-order valence-electron chi connectivity index (χ3n) is 3.75. The number of rotatable bonds is 8. The first kappa shape index (κ1) is 16.3. The van der Waals surface area contributed by atoms with Crippen molar-refractivity contribution < 1.29 is 0 Å². The Morgan fingerprint density at radius 3 is 2.72 bits per heavy atom. The van der Waals surface area contributed by atoms with Crippen LogP contribution < -0.4 is 5.32 Å². The lowest BCUT2D eigenvalue weighted by molar-refractivity contribution is 0.157. The molecule has 1 unspecified atom stereocenters. The molecule has 0 amide bonds. The molecule has 18 heavy (non-hydrogen) atoms. The molecule has 1 fully saturated rings. The standard InChI is InChI=1S/C15H32N2S/c1-4-7-15(3,13-16-8-5-2)14-17-9-6-11-18-12-10-17/h16H,4-14H2,1-3H3. The summed E-state index contributed by atoms with van der Waals surface area (Å²) in [6.07, 6.45) is 5.25. The molecule has 1 saturated heterocycles. The van der Waals surface area contributed by atoms with Crippen molar-refractivity contribution in [3.63, 3.8) is 0 Å². The zero-order valence-electron chi connectivity index (χ0n) is 12.6. The molecule has 0 aliphatic carbocycles. The highest BCUT2D eigenvalue weighted by atomic mass is 32.2. The van der Waals surface area contributed by atoms with Gasteiger partial charge < -0.3 is 10.2 Å². The van der Waals surface area contributed by atoms with Gasteiger partial charge in [0.25, 0.3) is 0 Å². The Balaban J connectivity index is 2.42. The lowest BCUT2D eigenvalue weighted by Gasteiger charge is -2.35. The summed E-state index contributed by atoms with van der Waals surface area (Å²) in [4.78, 5) is 2.70. The molecule has 1 aliphatic rings. The maximum atomic E-state index is 3.63. The summed E-state index contributed by atoms with van der Waals surface area (Å²) in [7, 11) is 0. The van der Waals surface area contributed by atoms with Crippen molar-refractivity contribution in [3.8, 4) is 0 Å². The molecule has 1 aliphatic heterocycles. The maximum Gasteiger partial charge on any atom is 0.00726 e. The fraction of sp³-hybridized carbons (Fsp3) is 1.00. The molecule has 0 saturated carbocycles. The highest BCUT2D eigenvalue weighted by Gasteiger charge is 2.26. The topological polar surface area (TPSA) is 15.3 Å². The fourth-order valence-corrected chi connectivity index (χ4v) is 3.81. The number of thioether (sulfide) groups is 1. The zero-order chi connectivity index (χ0) is 13.3. The summed E-state index contributed by atoms with van der Waals surface area (Å²) >= 11 is 2.12. The molecule has 2 nitrogen and oxygen atoms in total. The highest BCUT2D eigenvalue weighted by molar-refractivity contribution is 7.99. The van der Waals surface area contributed by atoms with Crippen LogP contribution in [0, 0.1) is 5.41 Å². The van der Waals surface area contributed by atoms with Gasteiger partial charge in [-0.3, -0.25) is 0 Å². The van der Waals surface area contributed by atoms with Gasteiger partial charge in [-0.05, 0) is 43.5 Å². The highest BCUT2D eigenvalue weighted by Crippen LogP contribution is 2.25. The average molecular weight is 273 g/mol. The Hall–Kier alpha value is 0.270. The van der Waals surface area contributed by atoms with Crippen LogP contribution in [0.1, 0.15) is 46.5 Å². The van der Waals surface area contributed by atoms with Crippen molar-refractivity contribution in [2.75, 3.05) is 44.2 Å². The average Bonchev–Trinajstić information content (AvgIpc) is 2.58. The van der Waals surface area contributed by atoms with Gasteiger partial charge in [0, 0.05) is 25.4 Å². The third kappa shape index (κ3) is 6.44. The lowest BCUT2D eigenvalue weighted by Crippen LogP contribution is -2.43. The second kappa shape index (κ2) is 9.22. The quantitative estimate of drug-likeness (QED) is 0.683. The van der Waals surface area contributed by atoms with Crippen molar-refractivity contribution in [2.45, 2.75) is 46.5 Å². The first-order valence-corrected chi connectivity index (χ1v) is 8.86. The van der Waals surface area contributed by atoms with E-state index >= 15 is 0 Å². The number of nitrogens with zero attached hydrogens (tertiary/aromatic N) is 1. The first-order valence-electron chi connectivity index (χ1n) is 7.71. The van der Waals surface area contributed by atoms with Crippen molar-refractivity contribution >= 4 is 11.8 Å². The molecule has 1 rings (SSSR count). The maximum absolute atomic E-state index is 3.63. The molecular weight excluding hydrogens is 240 g/mol. The van der Waals surface area contributed by atoms with Gasteiger partial charge in [0.1, 0.15) is 0 Å². The van der Waals surface area contributed by atoms with E-state index in [1.807, 2.05) is 0 Å². The molecule has 0 bridgehead atoms. The predicted molar refractivity (Wildman–Crippen MR) is 84.6 cm³/mol. The van der Waals surface area contributed by atoms with E-state index in [1.54, 1.807) is 0 Å². The molecule has 1 heterocycles. The van der Waals surface area contributed by atoms with Crippen LogP contribution in [-0.4, -0.2) is 49.1 Å². The van der Waals surface area contributed by atoms with E-state index in [2.05, 4.69) is 42.7 Å². The summed E-state index contributed by atoms with van der Waals surface area (Å²) in [6, 6.07) is 0. The Labute approximate surface area is 118 Å². The normalized spacial score (nSPS) is 21.5. The molecule has 0 aromatic rings. The molecule has 0 aromatic carbocycles. The molecule has 1 N–H and O–H groups in total. The van der Waals surface area contributed by atoms with Crippen LogP contribution in [0.4, 0.5) is 0 Å². The number of hydrogen-bond acceptors (Lipinski definition) is 3. The van der Waals surface area contributed by atoms with Gasteiger partial charge in [0.2, 0.25) is 0 Å². The monoisotopic (exact) mass is 272 g/mol. The van der Waals surface area contributed by atoms with E-state index in [0.717, 1.165) is 6.54 Å². The van der Waals surface area contributed by atoms with E-state index < -0.39 is 0 Å². The summed E-state index contributed by atoms with van der Waals surface area (Å²) in [5, 5.41) is 3.63. The van der Waals surface area contributed by atoms with Gasteiger partial charge >= 0.3 is 0 Å². The van der Waals surface area contributed by atoms with Crippen molar-refractivity contribution in [1.82, 2.24) is 10.2 Å². The van der Waals surface area contributed by atoms with Gasteiger partial charge in [-0.2, -0.15) is 11.8 Å². The largest absolute Gasteiger partial charge is 0.316 e. The van der Waals surface area contributed by atoms with Gasteiger partial charge in [0.15, 0.2) is 0 Å². The van der Waals surface area contributed by atoms with Gasteiger partial charge in [-0.1, -0.05) is 27.2 Å². The van der Waals surface area contributed by atoms with Crippen LogP contribution in [0.25, 0.3) is 0 Å². The van der Waals surface area contributed by atoms with E-state index in [1.165, 1.54) is 63.4 Å². The van der Waals surface area contributed by atoms with Gasteiger partial charge in [-0.25, -0.2) is 0 Å². The molecule has 0 spiro atoms. The molecule has 0 radical (unpaired) electrons. The fourth-order valence-electron chi connectivity index (χ4n) is 2.89. The minimum absolute atomic E-state index is 0.457. The summed E-state index contributed by atoms with van der Waals surface area (Å²) in [5.41, 5.74) is 0.457. The molecule has 0 aromatic heterocycles. The Morgan fingerprint density at radius 2 is 2.00 bits per heavy atom. The molecule has 3 heteroatoms.